The van der Waals surface area contributed by atoms with E-state index in [9.17, 15) is 14.7 Å². The Morgan fingerprint density at radius 1 is 1.42 bits per heavy atom. The average molecular weight is 411 g/mol. The van der Waals surface area contributed by atoms with E-state index in [2.05, 4.69) is 5.32 Å². The number of thioether (sulfide) groups is 2. The third-order valence-corrected chi connectivity index (χ3v) is 6.54. The Kier molecular flexibility index (Phi) is 6.23. The van der Waals surface area contributed by atoms with Crippen LogP contribution in [-0.4, -0.2) is 63.4 Å². The van der Waals surface area contributed by atoms with Gasteiger partial charge in [0.2, 0.25) is 5.91 Å². The summed E-state index contributed by atoms with van der Waals surface area (Å²) >= 11 is 8.01. The maximum absolute atomic E-state index is 12.6. The molecule has 138 valence electrons. The molecule has 2 aliphatic rings. The number of benzene rings is 1. The van der Waals surface area contributed by atoms with Crippen molar-refractivity contribution < 1.29 is 19.4 Å². The van der Waals surface area contributed by atoms with Crippen LogP contribution in [0.5, 0.6) is 5.75 Å². The summed E-state index contributed by atoms with van der Waals surface area (Å²) in [7, 11) is 1.59. The van der Waals surface area contributed by atoms with Crippen LogP contribution in [0.25, 0.3) is 6.08 Å². The summed E-state index contributed by atoms with van der Waals surface area (Å²) in [5.74, 6) is 1.41. The second kappa shape index (κ2) is 8.43. The van der Waals surface area contributed by atoms with Crippen LogP contribution in [0.2, 0.25) is 0 Å². The van der Waals surface area contributed by atoms with E-state index in [-0.39, 0.29) is 24.4 Å². The van der Waals surface area contributed by atoms with Gasteiger partial charge < -0.3 is 15.2 Å². The number of hydrogen-bond acceptors (Lipinski definition) is 7. The molecule has 2 saturated heterocycles. The zero-order chi connectivity index (χ0) is 18.7. The van der Waals surface area contributed by atoms with Crippen molar-refractivity contribution in [3.8, 4) is 5.75 Å². The summed E-state index contributed by atoms with van der Waals surface area (Å²) in [5.41, 5.74) is 0.849. The number of ether oxygens (including phenoxy) is 1. The molecule has 2 aliphatic heterocycles. The van der Waals surface area contributed by atoms with Crippen LogP contribution in [0.1, 0.15) is 5.56 Å². The number of nitrogens with zero attached hydrogens (tertiary/aromatic N) is 1. The van der Waals surface area contributed by atoms with Crippen molar-refractivity contribution in [1.82, 2.24) is 10.2 Å². The highest BCUT2D eigenvalue weighted by Crippen LogP contribution is 2.32. The van der Waals surface area contributed by atoms with E-state index in [1.807, 2.05) is 24.3 Å². The van der Waals surface area contributed by atoms with Crippen LogP contribution < -0.4 is 10.1 Å². The monoisotopic (exact) mass is 410 g/mol. The molecular weight excluding hydrogens is 392 g/mol. The molecule has 1 aromatic carbocycles. The van der Waals surface area contributed by atoms with E-state index in [1.165, 1.54) is 16.7 Å². The van der Waals surface area contributed by atoms with Gasteiger partial charge in [0, 0.05) is 11.5 Å². The summed E-state index contributed by atoms with van der Waals surface area (Å²) in [5, 5.41) is 12.6. The number of aliphatic hydroxyl groups is 1. The van der Waals surface area contributed by atoms with Crippen molar-refractivity contribution >= 4 is 58.0 Å². The number of rotatable bonds is 5. The second-order valence-corrected chi connectivity index (χ2v) is 8.57. The zero-order valence-electron chi connectivity index (χ0n) is 14.0. The van der Waals surface area contributed by atoms with Crippen molar-refractivity contribution in [2.75, 3.05) is 25.2 Å². The smallest absolute Gasteiger partial charge is 0.266 e. The third kappa shape index (κ3) is 4.40. The molecule has 6 nitrogen and oxygen atoms in total. The van der Waals surface area contributed by atoms with Crippen LogP contribution in [0.15, 0.2) is 29.2 Å². The molecule has 0 spiro atoms. The summed E-state index contributed by atoms with van der Waals surface area (Å²) in [6.07, 6.45) is 1.19. The van der Waals surface area contributed by atoms with E-state index in [0.29, 0.717) is 20.7 Å². The Morgan fingerprint density at radius 3 is 2.77 bits per heavy atom. The highest BCUT2D eigenvalue weighted by atomic mass is 32.2. The van der Waals surface area contributed by atoms with Gasteiger partial charge in [0.15, 0.2) is 0 Å². The summed E-state index contributed by atoms with van der Waals surface area (Å²) in [4.78, 5) is 26.5. The van der Waals surface area contributed by atoms with E-state index in [0.717, 1.165) is 11.3 Å². The number of hydrogen-bond donors (Lipinski definition) is 2. The lowest BCUT2D eigenvalue weighted by Crippen LogP contribution is -2.47. The molecule has 2 heterocycles. The number of carbonyl (C=O) groups excluding carboxylic acids is 2. The Balaban J connectivity index is 1.64. The first kappa shape index (κ1) is 19.2. The standard InChI is InChI=1S/C17H18N2O4S3/c1-23-11-4-2-10(3-5-11)6-14-16(22)19(17(24)26-14)7-15(21)18-12-8-25-9-13(12)20/h2-6,12-13,20H,7-9H2,1H3,(H,18,21)/b14-6-. The van der Waals surface area contributed by atoms with E-state index in [1.54, 1.807) is 24.9 Å². The average Bonchev–Trinajstić information content (AvgIpc) is 3.14. The highest BCUT2D eigenvalue weighted by Gasteiger charge is 2.34. The molecule has 0 aliphatic carbocycles. The third-order valence-electron chi connectivity index (χ3n) is 3.99. The van der Waals surface area contributed by atoms with E-state index in [4.69, 9.17) is 17.0 Å². The molecule has 0 saturated carbocycles. The lowest BCUT2D eigenvalue weighted by atomic mass is 10.2. The molecule has 26 heavy (non-hydrogen) atoms. The van der Waals surface area contributed by atoms with Gasteiger partial charge in [-0.05, 0) is 23.8 Å². The van der Waals surface area contributed by atoms with Gasteiger partial charge in [-0.1, -0.05) is 36.1 Å². The molecule has 2 unspecified atom stereocenters. The van der Waals surface area contributed by atoms with Crippen molar-refractivity contribution in [1.29, 1.82) is 0 Å². The van der Waals surface area contributed by atoms with Crippen LogP contribution in [0, 0.1) is 0 Å². The maximum atomic E-state index is 12.6. The molecule has 2 fully saturated rings. The minimum atomic E-state index is -0.551. The molecule has 0 bridgehead atoms. The van der Waals surface area contributed by atoms with Gasteiger partial charge in [0.1, 0.15) is 16.6 Å². The van der Waals surface area contributed by atoms with Crippen LogP contribution in [-0.2, 0) is 9.59 Å². The van der Waals surface area contributed by atoms with Crippen molar-refractivity contribution in [2.45, 2.75) is 12.1 Å². The molecule has 2 amide bonds. The lowest BCUT2D eigenvalue weighted by Gasteiger charge is -2.18. The fourth-order valence-corrected chi connectivity index (χ4v) is 4.99. The van der Waals surface area contributed by atoms with Gasteiger partial charge in [-0.3, -0.25) is 14.5 Å². The Hall–Kier alpha value is -1.55. The summed E-state index contributed by atoms with van der Waals surface area (Å²) in [6.45, 7) is -0.140. The number of aliphatic hydroxyl groups excluding tert-OH is 1. The molecule has 3 rings (SSSR count). The Labute approximate surface area is 165 Å². The van der Waals surface area contributed by atoms with Gasteiger partial charge in [0.05, 0.1) is 24.2 Å². The summed E-state index contributed by atoms with van der Waals surface area (Å²) < 4.78 is 5.47. The predicted molar refractivity (Wildman–Crippen MR) is 108 cm³/mol. The van der Waals surface area contributed by atoms with Crippen molar-refractivity contribution in [3.63, 3.8) is 0 Å². The topological polar surface area (TPSA) is 78.9 Å². The molecule has 2 N–H and O–H groups in total. The number of amides is 2. The van der Waals surface area contributed by atoms with Gasteiger partial charge in [-0.15, -0.1) is 0 Å². The second-order valence-electron chi connectivity index (χ2n) is 5.82. The Bertz CT molecular complexity index is 751. The first-order valence-corrected chi connectivity index (χ1v) is 10.3. The first-order valence-electron chi connectivity index (χ1n) is 7.92. The fourth-order valence-electron chi connectivity index (χ4n) is 2.56. The summed E-state index contributed by atoms with van der Waals surface area (Å²) in [6, 6.07) is 7.03. The number of carbonyl (C=O) groups is 2. The van der Waals surface area contributed by atoms with Gasteiger partial charge in [0.25, 0.3) is 5.91 Å². The highest BCUT2D eigenvalue weighted by molar-refractivity contribution is 8.26. The van der Waals surface area contributed by atoms with E-state index >= 15 is 0 Å². The van der Waals surface area contributed by atoms with E-state index < -0.39 is 6.10 Å². The lowest BCUT2D eigenvalue weighted by molar-refractivity contribution is -0.129. The minimum Gasteiger partial charge on any atom is -0.497 e. The van der Waals surface area contributed by atoms with Gasteiger partial charge in [-0.2, -0.15) is 11.8 Å². The molecule has 2 atom stereocenters. The van der Waals surface area contributed by atoms with Crippen molar-refractivity contribution in [3.05, 3.63) is 34.7 Å². The minimum absolute atomic E-state index is 0.140. The SMILES string of the molecule is COc1ccc(/C=C2\SC(=S)N(CC(=O)NC3CSCC3O)C2=O)cc1. The quantitative estimate of drug-likeness (QED) is 0.562. The first-order chi connectivity index (χ1) is 12.5. The predicted octanol–water partition coefficient (Wildman–Crippen LogP) is 1.49. The zero-order valence-corrected chi connectivity index (χ0v) is 16.5. The number of thiocarbonyl (C=S) groups is 1. The van der Waals surface area contributed by atoms with Crippen LogP contribution in [0.4, 0.5) is 0 Å². The van der Waals surface area contributed by atoms with Crippen LogP contribution >= 0.6 is 35.7 Å². The van der Waals surface area contributed by atoms with Crippen molar-refractivity contribution in [2.24, 2.45) is 0 Å². The molecule has 9 heteroatoms. The van der Waals surface area contributed by atoms with Gasteiger partial charge >= 0.3 is 0 Å². The number of methoxy groups -OCH3 is 1. The Morgan fingerprint density at radius 2 is 2.15 bits per heavy atom. The fraction of sp³-hybridized carbons (Fsp3) is 0.353. The molecule has 0 aromatic heterocycles. The molecular formula is C17H18N2O4S3. The number of nitrogens with one attached hydrogen (secondary N) is 1. The normalized spacial score (nSPS) is 24.4. The van der Waals surface area contributed by atoms with Gasteiger partial charge in [-0.25, -0.2) is 0 Å². The molecule has 1 aromatic rings. The largest absolute Gasteiger partial charge is 0.497 e. The maximum Gasteiger partial charge on any atom is 0.266 e. The van der Waals surface area contributed by atoms with Crippen LogP contribution in [0.3, 0.4) is 0 Å². The molecule has 0 radical (unpaired) electrons.